The highest BCUT2D eigenvalue weighted by molar-refractivity contribution is 7.10. The first kappa shape index (κ1) is 9.02. The number of halogens is 3. The van der Waals surface area contributed by atoms with Gasteiger partial charge < -0.3 is 5.73 Å². The molecule has 1 aliphatic carbocycles. The second-order valence-electron chi connectivity index (χ2n) is 3.22. The molecule has 0 spiro atoms. The molecule has 1 unspecified atom stereocenters. The number of rotatable bonds is 0. The quantitative estimate of drug-likeness (QED) is 0.693. The van der Waals surface area contributed by atoms with Crippen molar-refractivity contribution in [2.75, 3.05) is 0 Å². The Hall–Kier alpha value is -0.550. The fraction of sp³-hybridized carbons (Fsp3) is 0.500. The van der Waals surface area contributed by atoms with Gasteiger partial charge in [-0.15, -0.1) is 11.3 Å². The van der Waals surface area contributed by atoms with E-state index in [0.717, 1.165) is 4.88 Å². The maximum atomic E-state index is 12.4. The van der Waals surface area contributed by atoms with Crippen molar-refractivity contribution < 1.29 is 13.2 Å². The fourth-order valence-electron chi connectivity index (χ4n) is 1.63. The molecule has 13 heavy (non-hydrogen) atoms. The van der Waals surface area contributed by atoms with Crippen LogP contribution in [0.15, 0.2) is 5.38 Å². The molecule has 2 N–H and O–H groups in total. The molecule has 1 aromatic rings. The van der Waals surface area contributed by atoms with E-state index in [4.69, 9.17) is 5.73 Å². The van der Waals surface area contributed by atoms with E-state index in [2.05, 4.69) is 0 Å². The van der Waals surface area contributed by atoms with E-state index in [1.54, 1.807) is 0 Å². The zero-order valence-electron chi connectivity index (χ0n) is 6.69. The molecule has 1 aromatic heterocycles. The van der Waals surface area contributed by atoms with Gasteiger partial charge in [0.25, 0.3) is 0 Å². The van der Waals surface area contributed by atoms with E-state index in [-0.39, 0.29) is 6.04 Å². The molecule has 72 valence electrons. The van der Waals surface area contributed by atoms with Crippen molar-refractivity contribution in [2.24, 2.45) is 5.73 Å². The average Bonchev–Trinajstić information content (AvgIpc) is 2.41. The summed E-state index contributed by atoms with van der Waals surface area (Å²) in [7, 11) is 0. The van der Waals surface area contributed by atoms with Gasteiger partial charge in [0, 0.05) is 16.3 Å². The minimum Gasteiger partial charge on any atom is -0.327 e. The van der Waals surface area contributed by atoms with Crippen molar-refractivity contribution in [3.8, 4) is 0 Å². The summed E-state index contributed by atoms with van der Waals surface area (Å²) in [5.41, 5.74) is 5.52. The monoisotopic (exact) mass is 207 g/mol. The molecule has 0 amide bonds. The molecule has 1 heterocycles. The number of nitrogens with two attached hydrogens (primary N) is 1. The van der Waals surface area contributed by atoms with Gasteiger partial charge in [-0.25, -0.2) is 0 Å². The zero-order valence-corrected chi connectivity index (χ0v) is 7.50. The van der Waals surface area contributed by atoms with Gasteiger partial charge in [-0.1, -0.05) is 0 Å². The Balaban J connectivity index is 2.42. The summed E-state index contributed by atoms with van der Waals surface area (Å²) in [6.07, 6.45) is -3.25. The highest BCUT2D eigenvalue weighted by Crippen LogP contribution is 2.40. The highest BCUT2D eigenvalue weighted by atomic mass is 32.1. The Morgan fingerprint density at radius 2 is 2.08 bits per heavy atom. The van der Waals surface area contributed by atoms with Crippen LogP contribution >= 0.6 is 11.3 Å². The van der Waals surface area contributed by atoms with Crippen LogP contribution in [-0.4, -0.2) is 6.04 Å². The van der Waals surface area contributed by atoms with Crippen LogP contribution in [0.5, 0.6) is 0 Å². The number of fused-ring (bicyclic) bond motifs is 1. The summed E-state index contributed by atoms with van der Waals surface area (Å²) in [5.74, 6) is 0. The van der Waals surface area contributed by atoms with E-state index in [1.165, 1.54) is 16.7 Å². The van der Waals surface area contributed by atoms with Gasteiger partial charge in [0.2, 0.25) is 0 Å². The van der Waals surface area contributed by atoms with Crippen LogP contribution in [0.2, 0.25) is 0 Å². The van der Waals surface area contributed by atoms with Gasteiger partial charge in [0.05, 0.1) is 5.56 Å². The van der Waals surface area contributed by atoms with Crippen molar-refractivity contribution in [2.45, 2.75) is 25.1 Å². The largest absolute Gasteiger partial charge is 0.417 e. The Kier molecular flexibility index (Phi) is 1.89. The van der Waals surface area contributed by atoms with Crippen LogP contribution in [0, 0.1) is 0 Å². The smallest absolute Gasteiger partial charge is 0.327 e. The second-order valence-corrected chi connectivity index (χ2v) is 4.18. The first-order valence-electron chi connectivity index (χ1n) is 3.90. The number of hydrogen-bond acceptors (Lipinski definition) is 2. The van der Waals surface area contributed by atoms with E-state index in [9.17, 15) is 13.2 Å². The minimum atomic E-state index is -4.21. The minimum absolute atomic E-state index is 0.122. The number of alkyl halides is 3. The van der Waals surface area contributed by atoms with E-state index >= 15 is 0 Å². The Labute approximate surface area is 77.4 Å². The molecular formula is C8H8F3NS. The van der Waals surface area contributed by atoms with Gasteiger partial charge in [-0.3, -0.25) is 0 Å². The van der Waals surface area contributed by atoms with Crippen molar-refractivity contribution >= 4 is 11.3 Å². The molecule has 5 heteroatoms. The fourth-order valence-corrected chi connectivity index (χ4v) is 2.81. The molecular weight excluding hydrogens is 199 g/mol. The Bertz CT molecular complexity index is 329. The average molecular weight is 207 g/mol. The third-order valence-electron chi connectivity index (χ3n) is 2.20. The number of thiophene rings is 1. The molecule has 1 atom stereocenters. The topological polar surface area (TPSA) is 26.0 Å². The Morgan fingerprint density at radius 3 is 2.69 bits per heavy atom. The van der Waals surface area contributed by atoms with E-state index in [0.29, 0.717) is 18.4 Å². The van der Waals surface area contributed by atoms with Crippen molar-refractivity contribution in [1.82, 2.24) is 0 Å². The molecule has 0 bridgehead atoms. The Morgan fingerprint density at radius 1 is 1.38 bits per heavy atom. The molecule has 0 saturated heterocycles. The molecule has 0 aromatic carbocycles. The molecule has 0 saturated carbocycles. The molecule has 0 aliphatic heterocycles. The van der Waals surface area contributed by atoms with E-state index < -0.39 is 11.7 Å². The highest BCUT2D eigenvalue weighted by Gasteiger charge is 2.37. The van der Waals surface area contributed by atoms with Crippen LogP contribution in [-0.2, 0) is 19.0 Å². The standard InChI is InChI=1S/C8H8F3NS/c9-8(10,11)6-3-13-7-2-4(12)1-5(6)7/h3-4H,1-2,12H2. The summed E-state index contributed by atoms with van der Waals surface area (Å²) in [5, 5.41) is 1.19. The van der Waals surface area contributed by atoms with Crippen LogP contribution in [0.25, 0.3) is 0 Å². The third kappa shape index (κ3) is 1.46. The first-order valence-corrected chi connectivity index (χ1v) is 4.78. The van der Waals surface area contributed by atoms with Crippen LogP contribution in [0.4, 0.5) is 13.2 Å². The molecule has 0 fully saturated rings. The third-order valence-corrected chi connectivity index (χ3v) is 3.25. The van der Waals surface area contributed by atoms with Gasteiger partial charge in [-0.05, 0) is 18.4 Å². The SMILES string of the molecule is NC1Cc2scc(C(F)(F)F)c2C1. The van der Waals surface area contributed by atoms with Crippen molar-refractivity contribution in [1.29, 1.82) is 0 Å². The summed E-state index contributed by atoms with van der Waals surface area (Å²) >= 11 is 1.17. The van der Waals surface area contributed by atoms with Crippen molar-refractivity contribution in [3.05, 3.63) is 21.4 Å². The van der Waals surface area contributed by atoms with Crippen molar-refractivity contribution in [3.63, 3.8) is 0 Å². The summed E-state index contributed by atoms with van der Waals surface area (Å²) in [6.45, 7) is 0. The van der Waals surface area contributed by atoms with Crippen LogP contribution in [0.1, 0.15) is 16.0 Å². The van der Waals surface area contributed by atoms with Gasteiger partial charge >= 0.3 is 6.18 Å². The normalized spacial score (nSPS) is 22.0. The first-order chi connectivity index (χ1) is 5.98. The summed E-state index contributed by atoms with van der Waals surface area (Å²) in [6, 6.07) is -0.122. The zero-order chi connectivity index (χ0) is 9.64. The maximum Gasteiger partial charge on any atom is 0.417 e. The van der Waals surface area contributed by atoms with Gasteiger partial charge in [-0.2, -0.15) is 13.2 Å². The summed E-state index contributed by atoms with van der Waals surface area (Å²) in [4.78, 5) is 0.805. The van der Waals surface area contributed by atoms with Gasteiger partial charge in [0.1, 0.15) is 0 Å². The molecule has 2 rings (SSSR count). The van der Waals surface area contributed by atoms with Crippen LogP contribution < -0.4 is 5.73 Å². The second kappa shape index (κ2) is 2.72. The lowest BCUT2D eigenvalue weighted by Crippen LogP contribution is -2.20. The molecule has 1 aliphatic rings. The predicted octanol–water partition coefficient (Wildman–Crippen LogP) is 2.19. The molecule has 1 nitrogen and oxygen atoms in total. The number of hydrogen-bond donors (Lipinski definition) is 1. The summed E-state index contributed by atoms with van der Waals surface area (Å²) < 4.78 is 37.1. The maximum absolute atomic E-state index is 12.4. The van der Waals surface area contributed by atoms with Crippen LogP contribution in [0.3, 0.4) is 0 Å². The lowest BCUT2D eigenvalue weighted by molar-refractivity contribution is -0.137. The lowest BCUT2D eigenvalue weighted by atomic mass is 10.1. The predicted molar refractivity (Wildman–Crippen MR) is 44.7 cm³/mol. The van der Waals surface area contributed by atoms with E-state index in [1.807, 2.05) is 0 Å². The molecule has 0 radical (unpaired) electrons. The van der Waals surface area contributed by atoms with Gasteiger partial charge in [0.15, 0.2) is 0 Å². The lowest BCUT2D eigenvalue weighted by Gasteiger charge is -2.06.